The van der Waals surface area contributed by atoms with Gasteiger partial charge in [-0.2, -0.15) is 0 Å². The average molecular weight is 301 g/mol. The molecule has 0 spiro atoms. The van der Waals surface area contributed by atoms with Crippen LogP contribution in [-0.2, 0) is 6.42 Å². The molecule has 3 aliphatic carbocycles. The molecule has 1 nitrogen and oxygen atoms in total. The zero-order valence-electron chi connectivity index (χ0n) is 14.1. The minimum Gasteiger partial charge on any atom is -0.358 e. The van der Waals surface area contributed by atoms with Crippen molar-refractivity contribution in [3.05, 3.63) is 64.4 Å². The second-order valence-corrected chi connectivity index (χ2v) is 8.07. The zero-order chi connectivity index (χ0) is 15.8. The molecule has 0 saturated carbocycles. The number of benzene rings is 1. The predicted molar refractivity (Wildman–Crippen MR) is 97.2 cm³/mol. The lowest BCUT2D eigenvalue weighted by atomic mass is 9.70. The van der Waals surface area contributed by atoms with Crippen LogP contribution in [-0.4, -0.2) is 4.98 Å². The molecule has 1 heteroatoms. The van der Waals surface area contributed by atoms with Crippen molar-refractivity contribution >= 4 is 17.0 Å². The van der Waals surface area contributed by atoms with E-state index in [-0.39, 0.29) is 5.41 Å². The van der Waals surface area contributed by atoms with Crippen molar-refractivity contribution in [3.8, 4) is 0 Å². The number of hydrogen-bond acceptors (Lipinski definition) is 0. The summed E-state index contributed by atoms with van der Waals surface area (Å²) in [5.74, 6) is 1.29. The number of allylic oxidation sites excluding steroid dienone is 5. The Morgan fingerprint density at radius 1 is 1.13 bits per heavy atom. The lowest BCUT2D eigenvalue weighted by Crippen LogP contribution is -2.26. The van der Waals surface area contributed by atoms with Crippen LogP contribution >= 0.6 is 0 Å². The molecule has 2 atom stereocenters. The van der Waals surface area contributed by atoms with Gasteiger partial charge in [0.1, 0.15) is 0 Å². The van der Waals surface area contributed by atoms with Crippen LogP contribution in [0.1, 0.15) is 38.4 Å². The van der Waals surface area contributed by atoms with Gasteiger partial charge in [-0.25, -0.2) is 0 Å². The summed E-state index contributed by atoms with van der Waals surface area (Å²) >= 11 is 0. The van der Waals surface area contributed by atoms with Crippen LogP contribution < -0.4 is 0 Å². The number of aromatic nitrogens is 1. The Hall–Kier alpha value is -2.02. The van der Waals surface area contributed by atoms with Crippen LogP contribution in [0, 0.1) is 17.3 Å². The van der Waals surface area contributed by atoms with Crippen LogP contribution in [0.2, 0.25) is 0 Å². The highest BCUT2D eigenvalue weighted by atomic mass is 14.7. The standard InChI is InChI=1S/C22H23N/c1-13-8-9-14-16-11-17-15-6-4-5-7-20(15)23-21(17)12-19(16)22(2,3)18(14)10-13/h4-9,11,13,19,23H,10,12H2,1-3H3. The molecular formula is C22H23N. The van der Waals surface area contributed by atoms with Gasteiger partial charge >= 0.3 is 0 Å². The molecule has 0 saturated heterocycles. The summed E-state index contributed by atoms with van der Waals surface area (Å²) in [5.41, 5.74) is 9.18. The summed E-state index contributed by atoms with van der Waals surface area (Å²) in [6.07, 6.45) is 9.63. The van der Waals surface area contributed by atoms with Gasteiger partial charge in [-0.05, 0) is 53.4 Å². The largest absolute Gasteiger partial charge is 0.358 e. The first-order valence-corrected chi connectivity index (χ1v) is 8.79. The summed E-state index contributed by atoms with van der Waals surface area (Å²) in [4.78, 5) is 3.68. The third-order valence-electron chi connectivity index (χ3n) is 6.31. The van der Waals surface area contributed by atoms with Gasteiger partial charge in [0.05, 0.1) is 0 Å². The first-order valence-electron chi connectivity index (χ1n) is 8.79. The molecule has 1 heterocycles. The Balaban J connectivity index is 1.74. The second kappa shape index (κ2) is 4.29. The predicted octanol–water partition coefficient (Wildman–Crippen LogP) is 5.66. The van der Waals surface area contributed by atoms with Gasteiger partial charge < -0.3 is 4.98 Å². The lowest BCUT2D eigenvalue weighted by molar-refractivity contribution is 0.311. The monoisotopic (exact) mass is 301 g/mol. The Morgan fingerprint density at radius 3 is 2.83 bits per heavy atom. The van der Waals surface area contributed by atoms with Gasteiger partial charge in [-0.15, -0.1) is 0 Å². The minimum absolute atomic E-state index is 0.273. The molecule has 2 aromatic rings. The maximum Gasteiger partial charge on any atom is 0.0462 e. The third-order valence-corrected chi connectivity index (χ3v) is 6.31. The molecule has 1 aromatic carbocycles. The van der Waals surface area contributed by atoms with Crippen LogP contribution in [0.4, 0.5) is 0 Å². The van der Waals surface area contributed by atoms with E-state index in [1.165, 1.54) is 34.2 Å². The highest BCUT2D eigenvalue weighted by molar-refractivity contribution is 5.93. The molecule has 0 radical (unpaired) electrons. The summed E-state index contributed by atoms with van der Waals surface area (Å²) in [6.45, 7) is 7.24. The highest BCUT2D eigenvalue weighted by Gasteiger charge is 2.46. The van der Waals surface area contributed by atoms with E-state index in [0.717, 1.165) is 6.42 Å². The number of rotatable bonds is 0. The molecular weight excluding hydrogens is 278 g/mol. The van der Waals surface area contributed by atoms with E-state index in [9.17, 15) is 0 Å². The van der Waals surface area contributed by atoms with E-state index in [0.29, 0.717) is 11.8 Å². The average Bonchev–Trinajstić information content (AvgIpc) is 3.00. The number of aromatic amines is 1. The summed E-state index contributed by atoms with van der Waals surface area (Å²) in [5, 5.41) is 1.37. The first kappa shape index (κ1) is 13.4. The molecule has 0 fully saturated rings. The van der Waals surface area contributed by atoms with Gasteiger partial charge in [0.25, 0.3) is 0 Å². The fraction of sp³-hybridized carbons (Fsp3) is 0.364. The summed E-state index contributed by atoms with van der Waals surface area (Å²) < 4.78 is 0. The fourth-order valence-electron chi connectivity index (χ4n) is 4.98. The van der Waals surface area contributed by atoms with Gasteiger partial charge in [0, 0.05) is 22.2 Å². The molecule has 0 aliphatic heterocycles. The van der Waals surface area contributed by atoms with Gasteiger partial charge in [0.2, 0.25) is 0 Å². The van der Waals surface area contributed by atoms with Crippen molar-refractivity contribution in [2.24, 2.45) is 17.3 Å². The Labute approximate surface area is 137 Å². The normalized spacial score (nSPS) is 27.7. The topological polar surface area (TPSA) is 15.8 Å². The number of hydrogen-bond donors (Lipinski definition) is 1. The molecule has 2 unspecified atom stereocenters. The molecule has 1 aromatic heterocycles. The van der Waals surface area contributed by atoms with Crippen molar-refractivity contribution in [1.82, 2.24) is 4.98 Å². The molecule has 23 heavy (non-hydrogen) atoms. The Morgan fingerprint density at radius 2 is 1.96 bits per heavy atom. The number of para-hydroxylation sites is 1. The van der Waals surface area contributed by atoms with Gasteiger partial charge in [-0.1, -0.05) is 56.7 Å². The highest BCUT2D eigenvalue weighted by Crippen LogP contribution is 2.57. The maximum absolute atomic E-state index is 3.68. The van der Waals surface area contributed by atoms with Crippen LogP contribution in [0.3, 0.4) is 0 Å². The van der Waals surface area contributed by atoms with Gasteiger partial charge in [-0.3, -0.25) is 0 Å². The summed E-state index contributed by atoms with van der Waals surface area (Å²) in [6, 6.07) is 8.71. The first-order chi connectivity index (χ1) is 11.1. The number of nitrogens with one attached hydrogen (secondary N) is 1. The molecule has 5 rings (SSSR count). The zero-order valence-corrected chi connectivity index (χ0v) is 14.1. The van der Waals surface area contributed by atoms with Crippen molar-refractivity contribution < 1.29 is 0 Å². The van der Waals surface area contributed by atoms with E-state index in [1.54, 1.807) is 11.1 Å². The van der Waals surface area contributed by atoms with Crippen LogP contribution in [0.5, 0.6) is 0 Å². The van der Waals surface area contributed by atoms with Crippen molar-refractivity contribution in [3.63, 3.8) is 0 Å². The fourth-order valence-corrected chi connectivity index (χ4v) is 4.98. The third kappa shape index (κ3) is 1.68. The van der Waals surface area contributed by atoms with Crippen LogP contribution in [0.15, 0.2) is 53.1 Å². The van der Waals surface area contributed by atoms with Crippen molar-refractivity contribution in [2.75, 3.05) is 0 Å². The Kier molecular flexibility index (Phi) is 2.50. The molecule has 1 N–H and O–H groups in total. The van der Waals surface area contributed by atoms with Crippen molar-refractivity contribution in [1.29, 1.82) is 0 Å². The molecule has 0 bridgehead atoms. The van der Waals surface area contributed by atoms with Crippen LogP contribution in [0.25, 0.3) is 17.0 Å². The van der Waals surface area contributed by atoms with E-state index in [1.807, 2.05) is 0 Å². The van der Waals surface area contributed by atoms with E-state index < -0.39 is 0 Å². The smallest absolute Gasteiger partial charge is 0.0462 e. The maximum atomic E-state index is 3.68. The molecule has 3 aliphatic rings. The van der Waals surface area contributed by atoms with Gasteiger partial charge in [0.15, 0.2) is 0 Å². The SMILES string of the molecule is CC1C=CC2=C(C1)C(C)(C)C1Cc3[nH]c4ccccc4c3C=C21. The van der Waals surface area contributed by atoms with E-state index in [4.69, 9.17) is 0 Å². The van der Waals surface area contributed by atoms with E-state index >= 15 is 0 Å². The Bertz CT molecular complexity index is 917. The van der Waals surface area contributed by atoms with Crippen molar-refractivity contribution in [2.45, 2.75) is 33.6 Å². The number of fused-ring (bicyclic) bond motifs is 5. The minimum atomic E-state index is 0.273. The van der Waals surface area contributed by atoms with E-state index in [2.05, 4.69) is 68.2 Å². The number of H-pyrrole nitrogens is 1. The molecule has 0 amide bonds. The lowest BCUT2D eigenvalue weighted by Gasteiger charge is -2.33. The summed E-state index contributed by atoms with van der Waals surface area (Å²) in [7, 11) is 0. The molecule has 116 valence electrons. The quantitative estimate of drug-likeness (QED) is 0.646. The second-order valence-electron chi connectivity index (χ2n) is 8.07.